The molecule has 6 heteroatoms. The van der Waals surface area contributed by atoms with E-state index in [0.29, 0.717) is 24.3 Å². The van der Waals surface area contributed by atoms with Crippen molar-refractivity contribution in [2.24, 2.45) is 0 Å². The van der Waals surface area contributed by atoms with Crippen LogP contribution in [-0.4, -0.2) is 35.0 Å². The molecule has 1 aliphatic heterocycles. The zero-order chi connectivity index (χ0) is 15.6. The Kier molecular flexibility index (Phi) is 4.06. The summed E-state index contributed by atoms with van der Waals surface area (Å²) in [5.41, 5.74) is 6.68. The number of hydrogen-bond acceptors (Lipinski definition) is 3. The number of nitrogens with one attached hydrogen (secondary N) is 2. The SMILES string of the molecule is CC(C)(C)N1CC(NC(=O)Nc2ccc(N)cc2)CC1=O. The molecule has 1 atom stereocenters. The van der Waals surface area contributed by atoms with Crippen molar-refractivity contribution >= 4 is 23.3 Å². The number of nitrogen functional groups attached to an aromatic ring is 1. The molecular formula is C15H22N4O2. The molecule has 1 unspecified atom stereocenters. The molecule has 3 amide bonds. The van der Waals surface area contributed by atoms with Crippen molar-refractivity contribution in [2.45, 2.75) is 38.8 Å². The van der Waals surface area contributed by atoms with E-state index in [-0.39, 0.29) is 23.5 Å². The minimum atomic E-state index is -0.312. The van der Waals surface area contributed by atoms with Crippen molar-refractivity contribution in [3.05, 3.63) is 24.3 Å². The summed E-state index contributed by atoms with van der Waals surface area (Å²) in [6, 6.07) is 6.43. The molecule has 1 aliphatic rings. The summed E-state index contributed by atoms with van der Waals surface area (Å²) in [5, 5.41) is 5.56. The highest BCUT2D eigenvalue weighted by molar-refractivity contribution is 5.90. The van der Waals surface area contributed by atoms with Crippen LogP contribution < -0.4 is 16.4 Å². The third-order valence-electron chi connectivity index (χ3n) is 3.44. The van der Waals surface area contributed by atoms with E-state index in [1.54, 1.807) is 29.2 Å². The molecule has 0 aromatic heterocycles. The maximum atomic E-state index is 11.9. The van der Waals surface area contributed by atoms with Crippen molar-refractivity contribution in [3.8, 4) is 0 Å². The van der Waals surface area contributed by atoms with Gasteiger partial charge in [0.05, 0.1) is 6.04 Å². The van der Waals surface area contributed by atoms with Gasteiger partial charge in [-0.1, -0.05) is 0 Å². The van der Waals surface area contributed by atoms with E-state index in [0.717, 1.165) is 0 Å². The molecule has 1 heterocycles. The number of amides is 3. The van der Waals surface area contributed by atoms with Gasteiger partial charge in [-0.15, -0.1) is 0 Å². The predicted octanol–water partition coefficient (Wildman–Crippen LogP) is 1.79. The van der Waals surface area contributed by atoms with Crippen molar-refractivity contribution in [3.63, 3.8) is 0 Å². The lowest BCUT2D eigenvalue weighted by atomic mass is 10.1. The summed E-state index contributed by atoms with van der Waals surface area (Å²) >= 11 is 0. The summed E-state index contributed by atoms with van der Waals surface area (Å²) < 4.78 is 0. The summed E-state index contributed by atoms with van der Waals surface area (Å²) in [7, 11) is 0. The molecule has 1 saturated heterocycles. The van der Waals surface area contributed by atoms with E-state index >= 15 is 0 Å². The third-order valence-corrected chi connectivity index (χ3v) is 3.44. The van der Waals surface area contributed by atoms with Crippen molar-refractivity contribution in [1.29, 1.82) is 0 Å². The number of nitrogens with zero attached hydrogens (tertiary/aromatic N) is 1. The fourth-order valence-corrected chi connectivity index (χ4v) is 2.37. The summed E-state index contributed by atoms with van der Waals surface area (Å²) in [4.78, 5) is 25.7. The smallest absolute Gasteiger partial charge is 0.319 e. The van der Waals surface area contributed by atoms with E-state index in [9.17, 15) is 9.59 Å². The highest BCUT2D eigenvalue weighted by Crippen LogP contribution is 2.22. The van der Waals surface area contributed by atoms with E-state index in [1.807, 2.05) is 20.8 Å². The van der Waals surface area contributed by atoms with Gasteiger partial charge < -0.3 is 21.3 Å². The summed E-state index contributed by atoms with van der Waals surface area (Å²) in [6.45, 7) is 6.50. The molecule has 4 N–H and O–H groups in total. The van der Waals surface area contributed by atoms with Crippen LogP contribution in [0.2, 0.25) is 0 Å². The van der Waals surface area contributed by atoms with Gasteiger partial charge in [0.15, 0.2) is 0 Å². The van der Waals surface area contributed by atoms with Crippen LogP contribution in [0.3, 0.4) is 0 Å². The summed E-state index contributed by atoms with van der Waals surface area (Å²) in [6.07, 6.45) is 0.340. The zero-order valence-electron chi connectivity index (χ0n) is 12.6. The molecule has 0 saturated carbocycles. The number of anilines is 2. The standard InChI is InChI=1S/C15H22N4O2/c1-15(2,3)19-9-12(8-13(19)20)18-14(21)17-11-6-4-10(16)5-7-11/h4-7,12H,8-9,16H2,1-3H3,(H2,17,18,21). The number of carbonyl (C=O) groups excluding carboxylic acids is 2. The van der Waals surface area contributed by atoms with Gasteiger partial charge in [-0.2, -0.15) is 0 Å². The van der Waals surface area contributed by atoms with Gasteiger partial charge in [0.2, 0.25) is 5.91 Å². The number of likely N-dealkylation sites (tertiary alicyclic amines) is 1. The first-order chi connectivity index (χ1) is 9.75. The maximum Gasteiger partial charge on any atom is 0.319 e. The lowest BCUT2D eigenvalue weighted by molar-refractivity contribution is -0.131. The quantitative estimate of drug-likeness (QED) is 0.726. The molecule has 21 heavy (non-hydrogen) atoms. The van der Waals surface area contributed by atoms with E-state index < -0.39 is 0 Å². The van der Waals surface area contributed by atoms with Gasteiger partial charge in [0.1, 0.15) is 0 Å². The maximum absolute atomic E-state index is 11.9. The molecule has 1 aromatic rings. The van der Waals surface area contributed by atoms with E-state index in [4.69, 9.17) is 5.73 Å². The van der Waals surface area contributed by atoms with Gasteiger partial charge >= 0.3 is 6.03 Å². The topological polar surface area (TPSA) is 87.5 Å². The molecule has 0 aliphatic carbocycles. The Morgan fingerprint density at radius 2 is 1.90 bits per heavy atom. The first kappa shape index (κ1) is 15.2. The van der Waals surface area contributed by atoms with Gasteiger partial charge in [-0.05, 0) is 45.0 Å². The lowest BCUT2D eigenvalue weighted by Crippen LogP contribution is -2.45. The molecular weight excluding hydrogens is 268 g/mol. The molecule has 114 valence electrons. The second-order valence-electron chi connectivity index (χ2n) is 6.30. The van der Waals surface area contributed by atoms with Crippen LogP contribution in [0.5, 0.6) is 0 Å². The monoisotopic (exact) mass is 290 g/mol. The highest BCUT2D eigenvalue weighted by atomic mass is 16.2. The van der Waals surface area contributed by atoms with Crippen LogP contribution in [0.4, 0.5) is 16.2 Å². The minimum Gasteiger partial charge on any atom is -0.399 e. The number of hydrogen-bond donors (Lipinski definition) is 3. The molecule has 0 radical (unpaired) electrons. The van der Waals surface area contributed by atoms with Crippen molar-refractivity contribution in [1.82, 2.24) is 10.2 Å². The Balaban J connectivity index is 1.89. The Bertz CT molecular complexity index is 534. The second-order valence-corrected chi connectivity index (χ2v) is 6.30. The first-order valence-corrected chi connectivity index (χ1v) is 6.99. The highest BCUT2D eigenvalue weighted by Gasteiger charge is 2.36. The number of benzene rings is 1. The minimum absolute atomic E-state index is 0.0697. The zero-order valence-corrected chi connectivity index (χ0v) is 12.6. The molecule has 0 bridgehead atoms. The molecule has 1 aromatic carbocycles. The van der Waals surface area contributed by atoms with E-state index in [1.165, 1.54) is 0 Å². The Hall–Kier alpha value is -2.24. The fraction of sp³-hybridized carbons (Fsp3) is 0.467. The van der Waals surface area contributed by atoms with Gasteiger partial charge in [0, 0.05) is 29.9 Å². The van der Waals surface area contributed by atoms with Gasteiger partial charge in [-0.3, -0.25) is 4.79 Å². The fourth-order valence-electron chi connectivity index (χ4n) is 2.37. The normalized spacial score (nSPS) is 18.7. The van der Waals surface area contributed by atoms with Crippen LogP contribution in [-0.2, 0) is 4.79 Å². The number of nitrogens with two attached hydrogens (primary N) is 1. The molecule has 2 rings (SSSR count). The van der Waals surface area contributed by atoms with Crippen molar-refractivity contribution in [2.75, 3.05) is 17.6 Å². The molecule has 1 fully saturated rings. The number of carbonyl (C=O) groups is 2. The largest absolute Gasteiger partial charge is 0.399 e. The average Bonchev–Trinajstić information content (AvgIpc) is 2.73. The summed E-state index contributed by atoms with van der Waals surface area (Å²) in [5.74, 6) is 0.0697. The molecule has 0 spiro atoms. The number of rotatable bonds is 2. The van der Waals surface area contributed by atoms with Gasteiger partial charge in [0.25, 0.3) is 0 Å². The first-order valence-electron chi connectivity index (χ1n) is 6.99. The number of urea groups is 1. The van der Waals surface area contributed by atoms with E-state index in [2.05, 4.69) is 10.6 Å². The van der Waals surface area contributed by atoms with Crippen LogP contribution in [0.15, 0.2) is 24.3 Å². The van der Waals surface area contributed by atoms with Crippen LogP contribution in [0, 0.1) is 0 Å². The predicted molar refractivity (Wildman–Crippen MR) is 82.9 cm³/mol. The third kappa shape index (κ3) is 3.87. The van der Waals surface area contributed by atoms with Crippen LogP contribution in [0.1, 0.15) is 27.2 Å². The Morgan fingerprint density at radius 1 is 1.29 bits per heavy atom. The van der Waals surface area contributed by atoms with Gasteiger partial charge in [-0.25, -0.2) is 4.79 Å². The second kappa shape index (κ2) is 5.63. The van der Waals surface area contributed by atoms with Crippen LogP contribution in [0.25, 0.3) is 0 Å². The average molecular weight is 290 g/mol. The Morgan fingerprint density at radius 3 is 2.43 bits per heavy atom. The van der Waals surface area contributed by atoms with Crippen LogP contribution >= 0.6 is 0 Å². The lowest BCUT2D eigenvalue weighted by Gasteiger charge is -2.32. The molecule has 6 nitrogen and oxygen atoms in total. The Labute approximate surface area is 124 Å². The van der Waals surface area contributed by atoms with Crippen molar-refractivity contribution < 1.29 is 9.59 Å².